The molecule has 162 valence electrons. The maximum Gasteiger partial charge on any atom is 0.416 e. The van der Waals surface area contributed by atoms with Crippen molar-refractivity contribution in [3.63, 3.8) is 0 Å². The summed E-state index contributed by atoms with van der Waals surface area (Å²) < 4.78 is 49.8. The number of methoxy groups -OCH3 is 2. The topological polar surface area (TPSA) is 59.0 Å². The van der Waals surface area contributed by atoms with E-state index in [0.29, 0.717) is 43.0 Å². The van der Waals surface area contributed by atoms with Gasteiger partial charge in [-0.3, -0.25) is 9.69 Å². The fourth-order valence-electron chi connectivity index (χ4n) is 3.89. The molecule has 3 rings (SSSR count). The summed E-state index contributed by atoms with van der Waals surface area (Å²) in [6.45, 7) is 1.02. The van der Waals surface area contributed by atoms with Crippen LogP contribution in [0, 0.1) is 5.92 Å². The van der Waals surface area contributed by atoms with E-state index in [1.807, 2.05) is 6.07 Å². The number of piperidine rings is 1. The van der Waals surface area contributed by atoms with E-state index in [-0.39, 0.29) is 6.04 Å². The Morgan fingerprint density at radius 2 is 1.70 bits per heavy atom. The van der Waals surface area contributed by atoms with E-state index in [9.17, 15) is 23.1 Å². The molecule has 30 heavy (non-hydrogen) atoms. The molecule has 0 amide bonds. The van der Waals surface area contributed by atoms with Crippen LogP contribution >= 0.6 is 0 Å². The number of carboxylic acids is 1. The summed E-state index contributed by atoms with van der Waals surface area (Å²) in [4.78, 5) is 13.4. The smallest absolute Gasteiger partial charge is 0.416 e. The van der Waals surface area contributed by atoms with Crippen LogP contribution in [0.2, 0.25) is 0 Å². The summed E-state index contributed by atoms with van der Waals surface area (Å²) in [6.07, 6.45) is -3.46. The van der Waals surface area contributed by atoms with Gasteiger partial charge in [0.25, 0.3) is 0 Å². The predicted molar refractivity (Wildman–Crippen MR) is 105 cm³/mol. The fraction of sp³-hybridized carbons (Fsp3) is 0.409. The first-order chi connectivity index (χ1) is 14.2. The first-order valence-electron chi connectivity index (χ1n) is 9.60. The van der Waals surface area contributed by atoms with Crippen LogP contribution in [-0.4, -0.2) is 43.3 Å². The van der Waals surface area contributed by atoms with Gasteiger partial charge in [-0.1, -0.05) is 12.1 Å². The number of carbonyl (C=O) groups is 1. The number of hydrogen-bond acceptors (Lipinski definition) is 4. The van der Waals surface area contributed by atoms with Gasteiger partial charge < -0.3 is 14.6 Å². The van der Waals surface area contributed by atoms with Crippen LogP contribution in [0.3, 0.4) is 0 Å². The summed E-state index contributed by atoms with van der Waals surface area (Å²) in [5.74, 6) is -0.0685. The van der Waals surface area contributed by atoms with Crippen molar-refractivity contribution in [2.24, 2.45) is 5.92 Å². The third kappa shape index (κ3) is 4.70. The number of halogens is 3. The molecule has 0 radical (unpaired) electrons. The van der Waals surface area contributed by atoms with Crippen LogP contribution in [0.1, 0.15) is 35.6 Å². The number of alkyl halides is 3. The van der Waals surface area contributed by atoms with Crippen molar-refractivity contribution in [3.8, 4) is 11.5 Å². The van der Waals surface area contributed by atoms with Crippen molar-refractivity contribution in [1.29, 1.82) is 0 Å². The molecule has 0 saturated carbocycles. The Balaban J connectivity index is 2.01. The van der Waals surface area contributed by atoms with Crippen molar-refractivity contribution in [2.75, 3.05) is 27.3 Å². The Morgan fingerprint density at radius 1 is 1.07 bits per heavy atom. The molecule has 1 fully saturated rings. The number of nitrogens with zero attached hydrogens (tertiary/aromatic N) is 1. The van der Waals surface area contributed by atoms with Gasteiger partial charge in [-0.25, -0.2) is 0 Å². The Morgan fingerprint density at radius 3 is 2.20 bits per heavy atom. The minimum atomic E-state index is -4.41. The van der Waals surface area contributed by atoms with E-state index < -0.39 is 23.6 Å². The summed E-state index contributed by atoms with van der Waals surface area (Å²) in [5.41, 5.74) is 0.753. The summed E-state index contributed by atoms with van der Waals surface area (Å²) >= 11 is 0. The second-order valence-electron chi connectivity index (χ2n) is 7.28. The molecule has 1 saturated heterocycles. The average molecular weight is 423 g/mol. The molecule has 0 aliphatic carbocycles. The Kier molecular flexibility index (Phi) is 6.55. The molecule has 1 unspecified atom stereocenters. The molecular formula is C22H24F3NO4. The molecule has 2 aromatic rings. The minimum absolute atomic E-state index is 0.372. The van der Waals surface area contributed by atoms with E-state index >= 15 is 0 Å². The molecule has 5 nitrogen and oxygen atoms in total. The van der Waals surface area contributed by atoms with Gasteiger partial charge in [0.2, 0.25) is 0 Å². The normalized spacial score (nSPS) is 16.8. The van der Waals surface area contributed by atoms with Crippen molar-refractivity contribution in [3.05, 3.63) is 59.2 Å². The summed E-state index contributed by atoms with van der Waals surface area (Å²) in [5, 5.41) is 9.28. The zero-order valence-corrected chi connectivity index (χ0v) is 16.8. The van der Waals surface area contributed by atoms with Gasteiger partial charge in [-0.15, -0.1) is 0 Å². The third-order valence-corrected chi connectivity index (χ3v) is 5.53. The number of benzene rings is 2. The highest BCUT2D eigenvalue weighted by atomic mass is 19.4. The first kappa shape index (κ1) is 22.0. The maximum atomic E-state index is 13.0. The molecule has 1 aliphatic rings. The van der Waals surface area contributed by atoms with Crippen molar-refractivity contribution in [2.45, 2.75) is 25.1 Å². The number of ether oxygens (including phenoxy) is 2. The fourth-order valence-corrected chi connectivity index (χ4v) is 3.89. The standard InChI is InChI=1S/C22H24F3NO4/c1-29-17-7-8-18(19(13-17)30-2)20(26-11-9-15(10-12-26)21(27)28)14-3-5-16(6-4-14)22(23,24)25/h3-8,13,15,20H,9-12H2,1-2H3,(H,27,28). The lowest BCUT2D eigenvalue weighted by atomic mass is 9.90. The number of aliphatic carboxylic acids is 1. The minimum Gasteiger partial charge on any atom is -0.497 e. The summed E-state index contributed by atoms with van der Waals surface area (Å²) in [7, 11) is 3.07. The lowest BCUT2D eigenvalue weighted by molar-refractivity contribution is -0.143. The van der Waals surface area contributed by atoms with E-state index in [4.69, 9.17) is 9.47 Å². The van der Waals surface area contributed by atoms with Crippen LogP contribution < -0.4 is 9.47 Å². The van der Waals surface area contributed by atoms with E-state index in [1.54, 1.807) is 19.2 Å². The average Bonchev–Trinajstić information content (AvgIpc) is 2.74. The molecular weight excluding hydrogens is 399 g/mol. The lowest BCUT2D eigenvalue weighted by Gasteiger charge is -2.37. The van der Waals surface area contributed by atoms with Crippen LogP contribution in [0.5, 0.6) is 11.5 Å². The number of carboxylic acid groups (broad SMARTS) is 1. The van der Waals surface area contributed by atoms with Crippen molar-refractivity contribution in [1.82, 2.24) is 4.90 Å². The van der Waals surface area contributed by atoms with Crippen LogP contribution in [0.4, 0.5) is 13.2 Å². The SMILES string of the molecule is COc1ccc(C(c2ccc(C(F)(F)F)cc2)N2CCC(C(=O)O)CC2)c(OC)c1. The van der Waals surface area contributed by atoms with Crippen molar-refractivity contribution < 1.29 is 32.5 Å². The molecule has 0 bridgehead atoms. The van der Waals surface area contributed by atoms with Gasteiger partial charge in [-0.05, 0) is 55.8 Å². The van der Waals surface area contributed by atoms with E-state index in [1.165, 1.54) is 19.2 Å². The van der Waals surface area contributed by atoms with Gasteiger partial charge >= 0.3 is 12.1 Å². The highest BCUT2D eigenvalue weighted by molar-refractivity contribution is 5.70. The Bertz CT molecular complexity index is 875. The number of hydrogen-bond donors (Lipinski definition) is 1. The lowest BCUT2D eigenvalue weighted by Crippen LogP contribution is -2.39. The van der Waals surface area contributed by atoms with Gasteiger partial charge in [0, 0.05) is 11.6 Å². The van der Waals surface area contributed by atoms with Crippen LogP contribution in [0.25, 0.3) is 0 Å². The predicted octanol–water partition coefficient (Wildman–Crippen LogP) is 4.61. The zero-order chi connectivity index (χ0) is 21.9. The third-order valence-electron chi connectivity index (χ3n) is 5.53. The second-order valence-corrected chi connectivity index (χ2v) is 7.28. The maximum absolute atomic E-state index is 13.0. The second kappa shape index (κ2) is 8.95. The van der Waals surface area contributed by atoms with E-state index in [2.05, 4.69) is 4.90 Å². The van der Waals surface area contributed by atoms with Crippen molar-refractivity contribution >= 4 is 5.97 Å². The molecule has 1 N–H and O–H groups in total. The molecule has 1 atom stereocenters. The molecule has 1 aliphatic heterocycles. The quantitative estimate of drug-likeness (QED) is 0.736. The molecule has 0 aromatic heterocycles. The highest BCUT2D eigenvalue weighted by Crippen LogP contribution is 2.39. The number of rotatable bonds is 6. The van der Waals surface area contributed by atoms with Gasteiger partial charge in [-0.2, -0.15) is 13.2 Å². The first-order valence-corrected chi connectivity index (χ1v) is 9.60. The molecule has 2 aromatic carbocycles. The number of likely N-dealkylation sites (tertiary alicyclic amines) is 1. The molecule has 8 heteroatoms. The highest BCUT2D eigenvalue weighted by Gasteiger charge is 2.33. The Labute approximate surface area is 173 Å². The largest absolute Gasteiger partial charge is 0.497 e. The van der Waals surface area contributed by atoms with Gasteiger partial charge in [0.1, 0.15) is 11.5 Å². The van der Waals surface area contributed by atoms with Crippen LogP contribution in [-0.2, 0) is 11.0 Å². The van der Waals surface area contributed by atoms with Crippen LogP contribution in [0.15, 0.2) is 42.5 Å². The van der Waals surface area contributed by atoms with E-state index in [0.717, 1.165) is 17.7 Å². The molecule has 1 heterocycles. The Hall–Kier alpha value is -2.74. The van der Waals surface area contributed by atoms with Gasteiger partial charge in [0.05, 0.1) is 31.7 Å². The monoisotopic (exact) mass is 423 g/mol. The van der Waals surface area contributed by atoms with Gasteiger partial charge in [0.15, 0.2) is 0 Å². The zero-order valence-electron chi connectivity index (χ0n) is 16.8. The summed E-state index contributed by atoms with van der Waals surface area (Å²) in [6, 6.07) is 10.1. The molecule has 0 spiro atoms.